The minimum atomic E-state index is -0.0103. The molecule has 5 heteroatoms. The van der Waals surface area contributed by atoms with Gasteiger partial charge in [-0.05, 0) is 31.2 Å². The Morgan fingerprint density at radius 3 is 2.62 bits per heavy atom. The van der Waals surface area contributed by atoms with Crippen molar-refractivity contribution >= 4 is 17.3 Å². The van der Waals surface area contributed by atoms with E-state index in [0.717, 1.165) is 17.1 Å². The summed E-state index contributed by atoms with van der Waals surface area (Å²) in [5, 5.41) is 3.13. The van der Waals surface area contributed by atoms with Gasteiger partial charge in [0.2, 0.25) is 5.91 Å². The predicted molar refractivity (Wildman–Crippen MR) is 96.8 cm³/mol. The Balaban J connectivity index is 1.84. The fraction of sp³-hybridized carbons (Fsp3) is 0.316. The van der Waals surface area contributed by atoms with E-state index in [-0.39, 0.29) is 12.5 Å². The van der Waals surface area contributed by atoms with Crippen molar-refractivity contribution < 1.29 is 14.3 Å². The Morgan fingerprint density at radius 1 is 1.08 bits per heavy atom. The average molecular weight is 328 g/mol. The minimum Gasteiger partial charge on any atom is -0.491 e. The van der Waals surface area contributed by atoms with Crippen molar-refractivity contribution in [2.45, 2.75) is 6.92 Å². The second-order valence-corrected chi connectivity index (χ2v) is 5.22. The molecular weight excluding hydrogens is 304 g/mol. The number of amides is 1. The molecule has 0 aromatic heterocycles. The highest BCUT2D eigenvalue weighted by atomic mass is 16.5. The van der Waals surface area contributed by atoms with Gasteiger partial charge in [0, 0.05) is 31.1 Å². The molecule has 2 aromatic carbocycles. The van der Waals surface area contributed by atoms with Crippen LogP contribution >= 0.6 is 0 Å². The van der Waals surface area contributed by atoms with Crippen LogP contribution in [0.25, 0.3) is 0 Å². The van der Waals surface area contributed by atoms with Crippen molar-refractivity contribution in [2.75, 3.05) is 43.6 Å². The zero-order valence-electron chi connectivity index (χ0n) is 14.2. The van der Waals surface area contributed by atoms with Crippen LogP contribution in [0.5, 0.6) is 5.75 Å². The third-order valence-electron chi connectivity index (χ3n) is 3.50. The van der Waals surface area contributed by atoms with E-state index in [1.807, 2.05) is 61.5 Å². The van der Waals surface area contributed by atoms with Crippen LogP contribution in [-0.2, 0) is 9.53 Å². The van der Waals surface area contributed by atoms with Crippen LogP contribution in [0.1, 0.15) is 6.92 Å². The molecule has 0 atom stereocenters. The van der Waals surface area contributed by atoms with E-state index < -0.39 is 0 Å². The zero-order valence-corrected chi connectivity index (χ0v) is 14.2. The Kier molecular flexibility index (Phi) is 7.11. The summed E-state index contributed by atoms with van der Waals surface area (Å²) in [7, 11) is 1.77. The highest BCUT2D eigenvalue weighted by Crippen LogP contribution is 2.17. The van der Waals surface area contributed by atoms with Crippen molar-refractivity contribution in [2.24, 2.45) is 0 Å². The highest BCUT2D eigenvalue weighted by Gasteiger charge is 2.10. The maximum atomic E-state index is 12.3. The third kappa shape index (κ3) is 5.59. The molecule has 0 saturated heterocycles. The zero-order chi connectivity index (χ0) is 17.2. The molecule has 1 N–H and O–H groups in total. The van der Waals surface area contributed by atoms with E-state index in [4.69, 9.17) is 9.47 Å². The van der Waals surface area contributed by atoms with E-state index in [0.29, 0.717) is 19.8 Å². The number of anilines is 2. The summed E-state index contributed by atoms with van der Waals surface area (Å²) in [5.74, 6) is 0.743. The lowest BCUT2D eigenvalue weighted by molar-refractivity contribution is -0.116. The number of carbonyl (C=O) groups is 1. The van der Waals surface area contributed by atoms with Crippen LogP contribution < -0.4 is 15.0 Å². The summed E-state index contributed by atoms with van der Waals surface area (Å²) in [5.41, 5.74) is 1.72. The molecule has 1 amide bonds. The molecule has 0 bridgehead atoms. The molecule has 0 aliphatic rings. The first-order chi connectivity index (χ1) is 11.7. The van der Waals surface area contributed by atoms with Crippen LogP contribution in [-0.4, -0.2) is 39.3 Å². The fourth-order valence-corrected chi connectivity index (χ4v) is 2.15. The van der Waals surface area contributed by atoms with Crippen molar-refractivity contribution in [1.82, 2.24) is 0 Å². The Bertz CT molecular complexity index is 632. The summed E-state index contributed by atoms with van der Waals surface area (Å²) in [6.07, 6.45) is 0. The SMILES string of the molecule is CCOCCOc1cccc(NCC(=O)N(C)c2ccccc2)c1. The topological polar surface area (TPSA) is 50.8 Å². The summed E-state index contributed by atoms with van der Waals surface area (Å²) < 4.78 is 10.9. The second-order valence-electron chi connectivity index (χ2n) is 5.22. The minimum absolute atomic E-state index is 0.0103. The molecule has 5 nitrogen and oxygen atoms in total. The summed E-state index contributed by atoms with van der Waals surface area (Å²) in [6.45, 7) is 3.92. The fourth-order valence-electron chi connectivity index (χ4n) is 2.15. The molecule has 0 unspecified atom stereocenters. The molecule has 0 aliphatic heterocycles. The van der Waals surface area contributed by atoms with Gasteiger partial charge < -0.3 is 19.7 Å². The number of nitrogens with one attached hydrogen (secondary N) is 1. The van der Waals surface area contributed by atoms with Crippen molar-refractivity contribution in [1.29, 1.82) is 0 Å². The maximum absolute atomic E-state index is 12.3. The molecule has 0 spiro atoms. The van der Waals surface area contributed by atoms with Crippen molar-refractivity contribution in [3.05, 3.63) is 54.6 Å². The first-order valence-electron chi connectivity index (χ1n) is 8.06. The molecule has 0 aliphatic carbocycles. The van der Waals surface area contributed by atoms with Crippen LogP contribution in [0.3, 0.4) is 0 Å². The molecule has 128 valence electrons. The number of benzene rings is 2. The highest BCUT2D eigenvalue weighted by molar-refractivity contribution is 5.95. The number of likely N-dealkylation sites (N-methyl/N-ethyl adjacent to an activating group) is 1. The lowest BCUT2D eigenvalue weighted by atomic mass is 10.3. The molecule has 2 aromatic rings. The van der Waals surface area contributed by atoms with Gasteiger partial charge in [-0.1, -0.05) is 24.3 Å². The number of nitrogens with zero attached hydrogens (tertiary/aromatic N) is 1. The molecule has 2 rings (SSSR count). The number of hydrogen-bond acceptors (Lipinski definition) is 4. The lowest BCUT2D eigenvalue weighted by Crippen LogP contribution is -2.32. The predicted octanol–water partition coefficient (Wildman–Crippen LogP) is 3.18. The van der Waals surface area contributed by atoms with E-state index >= 15 is 0 Å². The number of para-hydroxylation sites is 1. The number of ether oxygens (including phenoxy) is 2. The Labute approximate surface area is 143 Å². The molecular formula is C19H24N2O3. The average Bonchev–Trinajstić information content (AvgIpc) is 2.64. The van der Waals surface area contributed by atoms with E-state index in [1.54, 1.807) is 11.9 Å². The van der Waals surface area contributed by atoms with Crippen LogP contribution in [0.15, 0.2) is 54.6 Å². The van der Waals surface area contributed by atoms with E-state index in [1.165, 1.54) is 0 Å². The van der Waals surface area contributed by atoms with E-state index in [9.17, 15) is 4.79 Å². The maximum Gasteiger partial charge on any atom is 0.246 e. The first kappa shape index (κ1) is 17.8. The lowest BCUT2D eigenvalue weighted by Gasteiger charge is -2.18. The largest absolute Gasteiger partial charge is 0.491 e. The van der Waals surface area contributed by atoms with Crippen molar-refractivity contribution in [3.63, 3.8) is 0 Å². The summed E-state index contributed by atoms with van der Waals surface area (Å²) in [4.78, 5) is 13.9. The van der Waals surface area contributed by atoms with Gasteiger partial charge in [-0.15, -0.1) is 0 Å². The number of rotatable bonds is 9. The molecule has 0 fully saturated rings. The number of hydrogen-bond donors (Lipinski definition) is 1. The summed E-state index contributed by atoms with van der Waals surface area (Å²) >= 11 is 0. The molecule has 0 saturated carbocycles. The van der Waals surface area contributed by atoms with Gasteiger partial charge in [-0.3, -0.25) is 4.79 Å². The van der Waals surface area contributed by atoms with Crippen molar-refractivity contribution in [3.8, 4) is 5.75 Å². The van der Waals surface area contributed by atoms with Gasteiger partial charge in [0.15, 0.2) is 0 Å². The standard InChI is InChI=1S/C19H24N2O3/c1-3-23-12-13-24-18-11-7-8-16(14-18)20-15-19(22)21(2)17-9-5-4-6-10-17/h4-11,14,20H,3,12-13,15H2,1-2H3. The van der Waals surface area contributed by atoms with Gasteiger partial charge >= 0.3 is 0 Å². The Morgan fingerprint density at radius 2 is 1.88 bits per heavy atom. The second kappa shape index (κ2) is 9.57. The normalized spacial score (nSPS) is 10.2. The van der Waals surface area contributed by atoms with E-state index in [2.05, 4.69) is 5.32 Å². The van der Waals surface area contributed by atoms with Crippen LogP contribution in [0.2, 0.25) is 0 Å². The first-order valence-corrected chi connectivity index (χ1v) is 8.06. The quantitative estimate of drug-likeness (QED) is 0.718. The van der Waals surface area contributed by atoms with Crippen LogP contribution in [0.4, 0.5) is 11.4 Å². The third-order valence-corrected chi connectivity index (χ3v) is 3.50. The molecule has 0 radical (unpaired) electrons. The smallest absolute Gasteiger partial charge is 0.246 e. The van der Waals surface area contributed by atoms with Gasteiger partial charge in [0.25, 0.3) is 0 Å². The van der Waals surface area contributed by atoms with Gasteiger partial charge in [0.05, 0.1) is 13.2 Å². The van der Waals surface area contributed by atoms with Crippen LogP contribution in [0, 0.1) is 0 Å². The molecule has 0 heterocycles. The van der Waals surface area contributed by atoms with Gasteiger partial charge in [0.1, 0.15) is 12.4 Å². The van der Waals surface area contributed by atoms with Gasteiger partial charge in [-0.2, -0.15) is 0 Å². The summed E-state index contributed by atoms with van der Waals surface area (Å²) in [6, 6.07) is 17.1. The monoisotopic (exact) mass is 328 g/mol. The number of carbonyl (C=O) groups excluding carboxylic acids is 1. The van der Waals surface area contributed by atoms with Gasteiger partial charge in [-0.25, -0.2) is 0 Å². The molecule has 24 heavy (non-hydrogen) atoms. The Hall–Kier alpha value is -2.53.